The van der Waals surface area contributed by atoms with Crippen LogP contribution in [0.5, 0.6) is 5.75 Å². The second-order valence-electron chi connectivity index (χ2n) is 8.77. The Balaban J connectivity index is 1.42. The SMILES string of the molecule is COc1ccc(C(CNC(=O)C2CCCN(S(=O)(=O)c3cccs3)C2)N2CCCCC2)cc1. The monoisotopic (exact) mass is 491 g/mol. The predicted octanol–water partition coefficient (Wildman–Crippen LogP) is 3.50. The summed E-state index contributed by atoms with van der Waals surface area (Å²) in [6.07, 6.45) is 4.97. The summed E-state index contributed by atoms with van der Waals surface area (Å²) in [6, 6.07) is 11.5. The van der Waals surface area contributed by atoms with Crippen LogP contribution in [-0.2, 0) is 14.8 Å². The Bertz CT molecular complexity index is 1000. The number of nitrogens with zero attached hydrogens (tertiary/aromatic N) is 2. The highest BCUT2D eigenvalue weighted by Gasteiger charge is 2.34. The van der Waals surface area contributed by atoms with Gasteiger partial charge in [-0.1, -0.05) is 24.6 Å². The highest BCUT2D eigenvalue weighted by Crippen LogP contribution is 2.28. The lowest BCUT2D eigenvalue weighted by molar-refractivity contribution is -0.126. The van der Waals surface area contributed by atoms with Gasteiger partial charge in [0.15, 0.2) is 0 Å². The fraction of sp³-hybridized carbons (Fsp3) is 0.542. The molecule has 2 saturated heterocycles. The lowest BCUT2D eigenvalue weighted by Crippen LogP contribution is -2.47. The van der Waals surface area contributed by atoms with Gasteiger partial charge in [0.25, 0.3) is 10.0 Å². The van der Waals surface area contributed by atoms with Gasteiger partial charge in [-0.3, -0.25) is 9.69 Å². The molecule has 180 valence electrons. The van der Waals surface area contributed by atoms with Crippen molar-refractivity contribution in [3.05, 3.63) is 47.3 Å². The Morgan fingerprint density at radius 3 is 2.55 bits per heavy atom. The Morgan fingerprint density at radius 2 is 1.88 bits per heavy atom. The molecule has 2 aliphatic heterocycles. The Labute approximate surface area is 200 Å². The number of methoxy groups -OCH3 is 1. The summed E-state index contributed by atoms with van der Waals surface area (Å²) < 4.78 is 32.9. The second-order valence-corrected chi connectivity index (χ2v) is 11.9. The van der Waals surface area contributed by atoms with Crippen LogP contribution >= 0.6 is 11.3 Å². The number of likely N-dealkylation sites (tertiary alicyclic amines) is 1. The first-order valence-electron chi connectivity index (χ1n) is 11.7. The van der Waals surface area contributed by atoms with Gasteiger partial charge in [-0.05, 0) is 67.9 Å². The molecular formula is C24H33N3O4S2. The number of benzene rings is 1. The van der Waals surface area contributed by atoms with Crippen LogP contribution in [0, 0.1) is 5.92 Å². The third-order valence-corrected chi connectivity index (χ3v) is 9.88. The molecule has 2 aliphatic rings. The summed E-state index contributed by atoms with van der Waals surface area (Å²) in [4.78, 5) is 15.6. The smallest absolute Gasteiger partial charge is 0.252 e. The van der Waals surface area contributed by atoms with E-state index in [-0.39, 0.29) is 24.4 Å². The molecule has 1 aromatic heterocycles. The average molecular weight is 492 g/mol. The van der Waals surface area contributed by atoms with Crippen molar-refractivity contribution in [2.24, 2.45) is 5.92 Å². The summed E-state index contributed by atoms with van der Waals surface area (Å²) >= 11 is 1.22. The number of carbonyl (C=O) groups excluding carboxylic acids is 1. The maximum Gasteiger partial charge on any atom is 0.252 e. The zero-order valence-corrected chi connectivity index (χ0v) is 20.7. The number of piperidine rings is 2. The zero-order valence-electron chi connectivity index (χ0n) is 19.1. The van der Waals surface area contributed by atoms with Gasteiger partial charge in [0.1, 0.15) is 9.96 Å². The van der Waals surface area contributed by atoms with Crippen molar-refractivity contribution in [1.82, 2.24) is 14.5 Å². The van der Waals surface area contributed by atoms with Crippen LogP contribution in [0.3, 0.4) is 0 Å². The standard InChI is InChI=1S/C24H33N3O4S2/c1-31-21-11-9-19(10-12-21)22(26-13-3-2-4-14-26)17-25-24(28)20-7-5-15-27(18-20)33(29,30)23-8-6-16-32-23/h6,8-12,16,20,22H,2-5,7,13-15,17-18H2,1H3,(H,25,28). The molecule has 7 nitrogen and oxygen atoms in total. The van der Waals surface area contributed by atoms with Crippen LogP contribution in [0.25, 0.3) is 0 Å². The molecule has 0 saturated carbocycles. The quantitative estimate of drug-likeness (QED) is 0.612. The number of carbonyl (C=O) groups is 1. The summed E-state index contributed by atoms with van der Waals surface area (Å²) in [5.74, 6) is 0.428. The topological polar surface area (TPSA) is 79.0 Å². The van der Waals surface area contributed by atoms with E-state index >= 15 is 0 Å². The number of ether oxygens (including phenoxy) is 1. The van der Waals surface area contributed by atoms with Crippen molar-refractivity contribution in [3.8, 4) is 5.75 Å². The van der Waals surface area contributed by atoms with Gasteiger partial charge in [-0.25, -0.2) is 8.42 Å². The molecular weight excluding hydrogens is 458 g/mol. The summed E-state index contributed by atoms with van der Waals surface area (Å²) in [5, 5.41) is 4.92. The number of nitrogens with one attached hydrogen (secondary N) is 1. The molecule has 2 fully saturated rings. The largest absolute Gasteiger partial charge is 0.497 e. The first kappa shape index (κ1) is 24.2. The van der Waals surface area contributed by atoms with Crippen molar-refractivity contribution in [2.45, 2.75) is 42.4 Å². The Morgan fingerprint density at radius 1 is 1.12 bits per heavy atom. The normalized spacial score (nSPS) is 21.4. The van der Waals surface area contributed by atoms with Gasteiger partial charge < -0.3 is 10.1 Å². The van der Waals surface area contributed by atoms with Crippen molar-refractivity contribution < 1.29 is 17.9 Å². The minimum absolute atomic E-state index is 0.0587. The molecule has 0 bridgehead atoms. The van der Waals surface area contributed by atoms with Crippen LogP contribution in [0.4, 0.5) is 0 Å². The first-order valence-corrected chi connectivity index (χ1v) is 14.0. The average Bonchev–Trinajstić information content (AvgIpc) is 3.41. The summed E-state index contributed by atoms with van der Waals surface area (Å²) in [7, 11) is -1.88. The van der Waals surface area contributed by atoms with E-state index in [4.69, 9.17) is 4.74 Å². The van der Waals surface area contributed by atoms with Crippen LogP contribution in [0.2, 0.25) is 0 Å². The number of amides is 1. The van der Waals surface area contributed by atoms with E-state index < -0.39 is 10.0 Å². The predicted molar refractivity (Wildman–Crippen MR) is 130 cm³/mol. The molecule has 2 atom stereocenters. The molecule has 0 radical (unpaired) electrons. The molecule has 2 unspecified atom stereocenters. The first-order chi connectivity index (χ1) is 16.0. The highest BCUT2D eigenvalue weighted by atomic mass is 32.2. The van der Waals surface area contributed by atoms with Gasteiger partial charge in [0.05, 0.1) is 19.1 Å². The number of hydrogen-bond donors (Lipinski definition) is 1. The minimum Gasteiger partial charge on any atom is -0.497 e. The van der Waals surface area contributed by atoms with E-state index in [1.807, 2.05) is 12.1 Å². The molecule has 1 N–H and O–H groups in total. The van der Waals surface area contributed by atoms with Crippen LogP contribution in [0.1, 0.15) is 43.7 Å². The lowest BCUT2D eigenvalue weighted by atomic mass is 9.97. The molecule has 9 heteroatoms. The third-order valence-electron chi connectivity index (χ3n) is 6.65. The summed E-state index contributed by atoms with van der Waals surface area (Å²) in [5.41, 5.74) is 1.16. The summed E-state index contributed by atoms with van der Waals surface area (Å²) in [6.45, 7) is 3.25. The fourth-order valence-electron chi connectivity index (χ4n) is 4.77. The van der Waals surface area contributed by atoms with Crippen LogP contribution in [-0.4, -0.2) is 63.4 Å². The lowest BCUT2D eigenvalue weighted by Gasteiger charge is -2.36. The number of thiophene rings is 1. The number of sulfonamides is 1. The molecule has 2 aromatic rings. The van der Waals surface area contributed by atoms with Crippen LogP contribution in [0.15, 0.2) is 46.0 Å². The van der Waals surface area contributed by atoms with Crippen LogP contribution < -0.4 is 10.1 Å². The van der Waals surface area contributed by atoms with Crippen molar-refractivity contribution in [3.63, 3.8) is 0 Å². The number of rotatable bonds is 8. The van der Waals surface area contributed by atoms with E-state index in [1.165, 1.54) is 34.9 Å². The van der Waals surface area contributed by atoms with E-state index in [0.717, 1.165) is 24.4 Å². The minimum atomic E-state index is -3.53. The molecule has 0 aliphatic carbocycles. The molecule has 4 rings (SSSR count). The van der Waals surface area contributed by atoms with Crippen molar-refractivity contribution >= 4 is 27.3 Å². The van der Waals surface area contributed by atoms with E-state index in [2.05, 4.69) is 22.3 Å². The second kappa shape index (κ2) is 11.0. The molecule has 1 aromatic carbocycles. The van der Waals surface area contributed by atoms with Crippen molar-refractivity contribution in [2.75, 3.05) is 39.8 Å². The molecule has 1 amide bonds. The zero-order chi connectivity index (χ0) is 23.3. The van der Waals surface area contributed by atoms with Gasteiger partial charge in [0.2, 0.25) is 5.91 Å². The maximum absolute atomic E-state index is 13.1. The van der Waals surface area contributed by atoms with E-state index in [9.17, 15) is 13.2 Å². The number of hydrogen-bond acceptors (Lipinski definition) is 6. The Kier molecular flexibility index (Phi) is 8.06. The van der Waals surface area contributed by atoms with Gasteiger partial charge >= 0.3 is 0 Å². The molecule has 33 heavy (non-hydrogen) atoms. The van der Waals surface area contributed by atoms with Gasteiger partial charge in [-0.15, -0.1) is 11.3 Å². The van der Waals surface area contributed by atoms with E-state index in [1.54, 1.807) is 24.6 Å². The van der Waals surface area contributed by atoms with Crippen molar-refractivity contribution in [1.29, 1.82) is 0 Å². The van der Waals surface area contributed by atoms with E-state index in [0.29, 0.717) is 30.1 Å². The maximum atomic E-state index is 13.1. The Hall–Kier alpha value is -1.94. The fourth-order valence-corrected chi connectivity index (χ4v) is 7.44. The molecule has 0 spiro atoms. The molecule has 3 heterocycles. The van der Waals surface area contributed by atoms with Gasteiger partial charge in [-0.2, -0.15) is 4.31 Å². The third kappa shape index (κ3) is 5.77. The highest BCUT2D eigenvalue weighted by molar-refractivity contribution is 7.91. The van der Waals surface area contributed by atoms with Gasteiger partial charge in [0, 0.05) is 19.6 Å².